The zero-order valence-corrected chi connectivity index (χ0v) is 11.2. The normalized spacial score (nSPS) is 17.6. The molecule has 1 N–H and O–H groups in total. The number of hydrogen-bond donors (Lipinski definition) is 1. The number of aliphatic hydroxyl groups excluding tert-OH is 1. The van der Waals surface area contributed by atoms with Crippen molar-refractivity contribution in [2.75, 3.05) is 0 Å². The molecule has 1 aliphatic rings. The van der Waals surface area contributed by atoms with E-state index in [4.69, 9.17) is 11.6 Å². The van der Waals surface area contributed by atoms with E-state index in [1.807, 2.05) is 4.68 Å². The second kappa shape index (κ2) is 5.87. The monoisotopic (exact) mass is 256 g/mol. The molecule has 1 aromatic heterocycles. The maximum Gasteiger partial charge on any atom is 0.133 e. The van der Waals surface area contributed by atoms with Gasteiger partial charge in [-0.3, -0.25) is 4.68 Å². The summed E-state index contributed by atoms with van der Waals surface area (Å²) < 4.78 is 1.96. The third-order valence-electron chi connectivity index (χ3n) is 3.59. The van der Waals surface area contributed by atoms with Crippen LogP contribution in [0.4, 0.5) is 0 Å². The van der Waals surface area contributed by atoms with Crippen molar-refractivity contribution in [3.05, 3.63) is 16.4 Å². The van der Waals surface area contributed by atoms with Gasteiger partial charge in [0.15, 0.2) is 0 Å². The molecule has 0 atom stereocenters. The Labute approximate surface area is 108 Å². The van der Waals surface area contributed by atoms with Crippen LogP contribution in [0.5, 0.6) is 0 Å². The van der Waals surface area contributed by atoms with Crippen molar-refractivity contribution in [2.24, 2.45) is 0 Å². The van der Waals surface area contributed by atoms with Crippen LogP contribution in [0.15, 0.2) is 0 Å². The number of aromatic nitrogens is 2. The Hall–Kier alpha value is -0.540. The van der Waals surface area contributed by atoms with Crippen LogP contribution >= 0.6 is 11.6 Å². The highest BCUT2D eigenvalue weighted by molar-refractivity contribution is 6.30. The lowest BCUT2D eigenvalue weighted by Gasteiger charge is -2.22. The van der Waals surface area contributed by atoms with Gasteiger partial charge in [0.25, 0.3) is 0 Å². The van der Waals surface area contributed by atoms with Crippen LogP contribution < -0.4 is 0 Å². The summed E-state index contributed by atoms with van der Waals surface area (Å²) in [5, 5.41) is 14.7. The van der Waals surface area contributed by atoms with E-state index in [2.05, 4.69) is 12.0 Å². The third-order valence-corrected chi connectivity index (χ3v) is 3.99. The molecule has 3 nitrogen and oxygen atoms in total. The first-order valence-electron chi connectivity index (χ1n) is 6.64. The predicted molar refractivity (Wildman–Crippen MR) is 69.3 cm³/mol. The van der Waals surface area contributed by atoms with E-state index in [0.29, 0.717) is 11.2 Å². The first-order valence-corrected chi connectivity index (χ1v) is 7.02. The van der Waals surface area contributed by atoms with E-state index in [-0.39, 0.29) is 6.61 Å². The summed E-state index contributed by atoms with van der Waals surface area (Å²) in [4.78, 5) is 0. The molecule has 0 saturated heterocycles. The van der Waals surface area contributed by atoms with Crippen LogP contribution in [-0.2, 0) is 13.0 Å². The van der Waals surface area contributed by atoms with Gasteiger partial charge >= 0.3 is 0 Å². The molecule has 0 aromatic carbocycles. The predicted octanol–water partition coefficient (Wildman–Crippen LogP) is 3.49. The number of hydrogen-bond acceptors (Lipinski definition) is 2. The number of aryl methyl sites for hydroxylation is 1. The van der Waals surface area contributed by atoms with Crippen molar-refractivity contribution in [2.45, 2.75) is 64.5 Å². The van der Waals surface area contributed by atoms with E-state index in [1.165, 1.54) is 19.3 Å². The molecule has 1 heterocycles. The van der Waals surface area contributed by atoms with Crippen LogP contribution in [-0.4, -0.2) is 14.9 Å². The van der Waals surface area contributed by atoms with Crippen molar-refractivity contribution in [1.82, 2.24) is 9.78 Å². The van der Waals surface area contributed by atoms with Crippen molar-refractivity contribution in [3.8, 4) is 0 Å². The molecule has 4 heteroatoms. The lowest BCUT2D eigenvalue weighted by atomic mass is 9.96. The molecule has 1 fully saturated rings. The minimum atomic E-state index is 0.000880. The molecule has 96 valence electrons. The summed E-state index contributed by atoms with van der Waals surface area (Å²) in [5.74, 6) is 0. The summed E-state index contributed by atoms with van der Waals surface area (Å²) in [7, 11) is 0. The standard InChI is InChI=1S/C13H21ClN2O/c1-2-6-12-11(9-17)13(14)16(15-12)10-7-4-3-5-8-10/h10,17H,2-9H2,1H3. The molecule has 1 aromatic rings. The molecule has 2 rings (SSSR count). The Kier molecular flexibility index (Phi) is 4.46. The highest BCUT2D eigenvalue weighted by Crippen LogP contribution is 2.32. The van der Waals surface area contributed by atoms with Gasteiger partial charge in [0.1, 0.15) is 5.15 Å². The molecular weight excluding hydrogens is 236 g/mol. The SMILES string of the molecule is CCCc1nn(C2CCCCC2)c(Cl)c1CO. The van der Waals surface area contributed by atoms with Gasteiger partial charge in [0.05, 0.1) is 18.3 Å². The minimum absolute atomic E-state index is 0.000880. The van der Waals surface area contributed by atoms with Gasteiger partial charge in [0.2, 0.25) is 0 Å². The van der Waals surface area contributed by atoms with Crippen molar-refractivity contribution in [1.29, 1.82) is 0 Å². The summed E-state index contributed by atoms with van der Waals surface area (Å²) >= 11 is 6.34. The summed E-state index contributed by atoms with van der Waals surface area (Å²) in [6, 6.07) is 0.437. The average molecular weight is 257 g/mol. The topological polar surface area (TPSA) is 38.0 Å². The Morgan fingerprint density at radius 2 is 2.06 bits per heavy atom. The first-order chi connectivity index (χ1) is 8.27. The third kappa shape index (κ3) is 2.66. The van der Waals surface area contributed by atoms with Crippen LogP contribution in [0.25, 0.3) is 0 Å². The molecule has 1 saturated carbocycles. The largest absolute Gasteiger partial charge is 0.391 e. The van der Waals surface area contributed by atoms with Gasteiger partial charge in [-0.05, 0) is 19.3 Å². The Morgan fingerprint density at radius 3 is 2.65 bits per heavy atom. The zero-order valence-electron chi connectivity index (χ0n) is 10.5. The summed E-state index contributed by atoms with van der Waals surface area (Å²) in [6.45, 7) is 2.12. The van der Waals surface area contributed by atoms with E-state index < -0.39 is 0 Å². The zero-order chi connectivity index (χ0) is 12.3. The molecule has 1 aliphatic carbocycles. The van der Waals surface area contributed by atoms with E-state index >= 15 is 0 Å². The highest BCUT2D eigenvalue weighted by Gasteiger charge is 2.22. The minimum Gasteiger partial charge on any atom is -0.391 e. The van der Waals surface area contributed by atoms with Gasteiger partial charge in [-0.25, -0.2) is 0 Å². The summed E-state index contributed by atoms with van der Waals surface area (Å²) in [6.07, 6.45) is 8.11. The van der Waals surface area contributed by atoms with Crippen LogP contribution in [0.1, 0.15) is 62.7 Å². The van der Waals surface area contributed by atoms with Gasteiger partial charge in [-0.1, -0.05) is 44.2 Å². The fourth-order valence-corrected chi connectivity index (χ4v) is 3.00. The fraction of sp³-hybridized carbons (Fsp3) is 0.769. The lowest BCUT2D eigenvalue weighted by Crippen LogP contribution is -2.14. The molecular formula is C13H21ClN2O. The number of aliphatic hydroxyl groups is 1. The maximum absolute atomic E-state index is 9.40. The van der Waals surface area contributed by atoms with Crippen LogP contribution in [0.3, 0.4) is 0 Å². The number of halogens is 1. The van der Waals surface area contributed by atoms with Gasteiger partial charge in [-0.2, -0.15) is 5.10 Å². The van der Waals surface area contributed by atoms with Crippen molar-refractivity contribution < 1.29 is 5.11 Å². The van der Waals surface area contributed by atoms with E-state index in [9.17, 15) is 5.11 Å². The Bertz CT molecular complexity index is 370. The van der Waals surface area contributed by atoms with Gasteiger partial charge in [0, 0.05) is 5.56 Å². The van der Waals surface area contributed by atoms with E-state index in [1.54, 1.807) is 0 Å². The Morgan fingerprint density at radius 1 is 1.35 bits per heavy atom. The second-order valence-corrected chi connectivity index (χ2v) is 5.22. The molecule has 0 aliphatic heterocycles. The smallest absolute Gasteiger partial charge is 0.133 e. The average Bonchev–Trinajstić information content (AvgIpc) is 2.67. The quantitative estimate of drug-likeness (QED) is 0.896. The van der Waals surface area contributed by atoms with Gasteiger partial charge < -0.3 is 5.11 Å². The molecule has 17 heavy (non-hydrogen) atoms. The van der Waals surface area contributed by atoms with E-state index in [0.717, 1.165) is 36.9 Å². The molecule has 0 bridgehead atoms. The molecule has 0 unspecified atom stereocenters. The second-order valence-electron chi connectivity index (χ2n) is 4.86. The van der Waals surface area contributed by atoms with Crippen molar-refractivity contribution >= 4 is 11.6 Å². The lowest BCUT2D eigenvalue weighted by molar-refractivity contribution is 0.280. The first kappa shape index (κ1) is 12.9. The van der Waals surface area contributed by atoms with Crippen LogP contribution in [0, 0.1) is 0 Å². The molecule has 0 amide bonds. The molecule has 0 spiro atoms. The van der Waals surface area contributed by atoms with Crippen molar-refractivity contribution in [3.63, 3.8) is 0 Å². The molecule has 0 radical (unpaired) electrons. The highest BCUT2D eigenvalue weighted by atomic mass is 35.5. The fourth-order valence-electron chi connectivity index (χ4n) is 2.65. The maximum atomic E-state index is 9.40. The Balaban J connectivity index is 2.26. The number of nitrogens with zero attached hydrogens (tertiary/aromatic N) is 2. The number of rotatable bonds is 4. The van der Waals surface area contributed by atoms with Crippen LogP contribution in [0.2, 0.25) is 5.15 Å². The van der Waals surface area contributed by atoms with Gasteiger partial charge in [-0.15, -0.1) is 0 Å². The summed E-state index contributed by atoms with van der Waals surface area (Å²) in [5.41, 5.74) is 1.81.